The number of hydrogen-bond acceptors (Lipinski definition) is 5. The maximum absolute atomic E-state index is 5.75. The molecule has 0 unspecified atom stereocenters. The molecule has 3 rings (SSSR count). The molecule has 0 spiro atoms. The minimum Gasteiger partial charge on any atom is -0.486 e. The molecule has 1 aromatic heterocycles. The van der Waals surface area contributed by atoms with E-state index in [0.717, 1.165) is 47.6 Å². The number of aromatic nitrogens is 2. The highest BCUT2D eigenvalue weighted by Crippen LogP contribution is 2.32. The van der Waals surface area contributed by atoms with Gasteiger partial charge in [0.15, 0.2) is 5.82 Å². The van der Waals surface area contributed by atoms with Gasteiger partial charge >= 0.3 is 0 Å². The lowest BCUT2D eigenvalue weighted by molar-refractivity contribution is 0.295. The van der Waals surface area contributed by atoms with Crippen molar-refractivity contribution in [2.24, 2.45) is 0 Å². The van der Waals surface area contributed by atoms with Crippen LogP contribution in [0.4, 0.5) is 5.82 Å². The van der Waals surface area contributed by atoms with Crippen molar-refractivity contribution in [3.05, 3.63) is 47.4 Å². The van der Waals surface area contributed by atoms with E-state index in [1.54, 1.807) is 0 Å². The molecule has 5 heteroatoms. The van der Waals surface area contributed by atoms with E-state index < -0.39 is 0 Å². The summed E-state index contributed by atoms with van der Waals surface area (Å²) in [6.45, 7) is 3.50. The fraction of sp³-hybridized carbons (Fsp3) is 0.375. The normalized spacial score (nSPS) is 13.0. The Morgan fingerprint density at radius 3 is 2.86 bits per heavy atom. The first-order valence-corrected chi connectivity index (χ1v) is 8.40. The third kappa shape index (κ3) is 3.47. The summed E-state index contributed by atoms with van der Waals surface area (Å²) >= 11 is 1.89. The number of ether oxygens (including phenoxy) is 1. The van der Waals surface area contributed by atoms with Crippen molar-refractivity contribution in [1.82, 2.24) is 9.97 Å². The predicted molar refractivity (Wildman–Crippen MR) is 86.6 cm³/mol. The molecule has 1 aliphatic heterocycles. The van der Waals surface area contributed by atoms with Gasteiger partial charge in [-0.2, -0.15) is 11.8 Å². The number of nitrogens with one attached hydrogen (secondary N) is 1. The van der Waals surface area contributed by atoms with E-state index in [1.807, 2.05) is 42.1 Å². The summed E-state index contributed by atoms with van der Waals surface area (Å²) in [6, 6.07) is 9.79. The Bertz CT molecular complexity index is 604. The first kappa shape index (κ1) is 14.2. The largest absolute Gasteiger partial charge is 0.486 e. The van der Waals surface area contributed by atoms with Crippen LogP contribution in [0.1, 0.15) is 30.4 Å². The molecule has 0 saturated carbocycles. The van der Waals surface area contributed by atoms with Gasteiger partial charge in [-0.25, -0.2) is 9.97 Å². The molecule has 2 aromatic rings. The Morgan fingerprint density at radius 2 is 2.05 bits per heavy atom. The lowest BCUT2D eigenvalue weighted by Gasteiger charge is -2.12. The second-order valence-corrected chi connectivity index (χ2v) is 5.92. The zero-order chi connectivity index (χ0) is 14.5. The molecule has 1 aliphatic rings. The molecule has 0 radical (unpaired) electrons. The van der Waals surface area contributed by atoms with Gasteiger partial charge in [0.1, 0.15) is 18.2 Å². The van der Waals surface area contributed by atoms with E-state index in [-0.39, 0.29) is 0 Å². The standard InChI is InChI=1S/C16H19N3OS/c1-2-8-17-16-13-10-21-11-14(13)18-15(19-16)9-20-12-6-4-3-5-7-12/h3-7H,2,8-11H2,1H3,(H,17,18,19). The van der Waals surface area contributed by atoms with E-state index in [1.165, 1.54) is 5.56 Å². The fourth-order valence-corrected chi connectivity index (χ4v) is 3.26. The third-order valence-electron chi connectivity index (χ3n) is 3.28. The molecule has 4 nitrogen and oxygen atoms in total. The smallest absolute Gasteiger partial charge is 0.168 e. The van der Waals surface area contributed by atoms with E-state index in [9.17, 15) is 0 Å². The summed E-state index contributed by atoms with van der Waals surface area (Å²) in [7, 11) is 0. The van der Waals surface area contributed by atoms with E-state index >= 15 is 0 Å². The van der Waals surface area contributed by atoms with Gasteiger partial charge in [0.25, 0.3) is 0 Å². The molecule has 0 aliphatic carbocycles. The van der Waals surface area contributed by atoms with Crippen LogP contribution in [0.25, 0.3) is 0 Å². The first-order valence-electron chi connectivity index (χ1n) is 7.25. The monoisotopic (exact) mass is 301 g/mol. The van der Waals surface area contributed by atoms with Gasteiger partial charge in [-0.05, 0) is 18.6 Å². The minimum absolute atomic E-state index is 0.406. The van der Waals surface area contributed by atoms with Gasteiger partial charge < -0.3 is 10.1 Å². The van der Waals surface area contributed by atoms with Crippen molar-refractivity contribution in [2.45, 2.75) is 31.5 Å². The number of fused-ring (bicyclic) bond motifs is 1. The number of benzene rings is 1. The van der Waals surface area contributed by atoms with Crippen molar-refractivity contribution in [3.63, 3.8) is 0 Å². The topological polar surface area (TPSA) is 47.0 Å². The quantitative estimate of drug-likeness (QED) is 0.883. The molecule has 2 heterocycles. The van der Waals surface area contributed by atoms with Gasteiger partial charge in [0.2, 0.25) is 0 Å². The molecule has 21 heavy (non-hydrogen) atoms. The first-order chi connectivity index (χ1) is 10.4. The highest BCUT2D eigenvalue weighted by Gasteiger charge is 2.19. The van der Waals surface area contributed by atoms with Gasteiger partial charge in [0.05, 0.1) is 5.69 Å². The van der Waals surface area contributed by atoms with Crippen molar-refractivity contribution in [3.8, 4) is 5.75 Å². The van der Waals surface area contributed by atoms with Crippen LogP contribution < -0.4 is 10.1 Å². The maximum Gasteiger partial charge on any atom is 0.168 e. The third-order valence-corrected chi connectivity index (χ3v) is 4.25. The molecule has 1 aromatic carbocycles. The van der Waals surface area contributed by atoms with Crippen molar-refractivity contribution in [1.29, 1.82) is 0 Å². The molecule has 110 valence electrons. The lowest BCUT2D eigenvalue weighted by Crippen LogP contribution is -2.11. The Kier molecular flexibility index (Phi) is 4.60. The molecular weight excluding hydrogens is 282 g/mol. The van der Waals surface area contributed by atoms with E-state index in [2.05, 4.69) is 22.2 Å². The van der Waals surface area contributed by atoms with E-state index in [4.69, 9.17) is 4.74 Å². The average molecular weight is 301 g/mol. The summed E-state index contributed by atoms with van der Waals surface area (Å²) in [5.41, 5.74) is 2.41. The molecule has 0 atom stereocenters. The summed E-state index contributed by atoms with van der Waals surface area (Å²) in [4.78, 5) is 9.28. The maximum atomic E-state index is 5.75. The molecule has 0 fully saturated rings. The molecule has 0 bridgehead atoms. The van der Waals surface area contributed by atoms with Gasteiger partial charge in [0, 0.05) is 23.6 Å². The second-order valence-electron chi connectivity index (χ2n) is 4.93. The van der Waals surface area contributed by atoms with Crippen LogP contribution >= 0.6 is 11.8 Å². The van der Waals surface area contributed by atoms with Crippen LogP contribution in [0.5, 0.6) is 5.75 Å². The van der Waals surface area contributed by atoms with Crippen molar-refractivity contribution in [2.75, 3.05) is 11.9 Å². The van der Waals surface area contributed by atoms with Crippen LogP contribution in [-0.4, -0.2) is 16.5 Å². The highest BCUT2D eigenvalue weighted by atomic mass is 32.2. The number of anilines is 1. The summed E-state index contributed by atoms with van der Waals surface area (Å²) < 4.78 is 5.75. The number of thioether (sulfide) groups is 1. The lowest BCUT2D eigenvalue weighted by atomic mass is 10.2. The van der Waals surface area contributed by atoms with Gasteiger partial charge in [-0.3, -0.25) is 0 Å². The molecular formula is C16H19N3OS. The number of nitrogens with zero attached hydrogens (tertiary/aromatic N) is 2. The second kappa shape index (κ2) is 6.80. The van der Waals surface area contributed by atoms with E-state index in [0.29, 0.717) is 6.61 Å². The zero-order valence-electron chi connectivity index (χ0n) is 12.1. The van der Waals surface area contributed by atoms with Crippen LogP contribution in [0.2, 0.25) is 0 Å². The number of rotatable bonds is 6. The minimum atomic E-state index is 0.406. The van der Waals surface area contributed by atoms with Gasteiger partial charge in [-0.15, -0.1) is 0 Å². The van der Waals surface area contributed by atoms with Crippen molar-refractivity contribution >= 4 is 17.6 Å². The summed E-state index contributed by atoms with van der Waals surface area (Å²) in [6.07, 6.45) is 1.09. The van der Waals surface area contributed by atoms with Crippen molar-refractivity contribution < 1.29 is 4.74 Å². The number of hydrogen-bond donors (Lipinski definition) is 1. The SMILES string of the molecule is CCCNc1nc(COc2ccccc2)nc2c1CSC2. The van der Waals surface area contributed by atoms with Gasteiger partial charge in [-0.1, -0.05) is 25.1 Å². The molecule has 0 saturated heterocycles. The Hall–Kier alpha value is -1.75. The highest BCUT2D eigenvalue weighted by molar-refractivity contribution is 7.98. The predicted octanol–water partition coefficient (Wildman–Crippen LogP) is 3.62. The average Bonchev–Trinajstić information content (AvgIpc) is 3.00. The van der Waals surface area contributed by atoms with Crippen LogP contribution in [-0.2, 0) is 18.1 Å². The van der Waals surface area contributed by atoms with Crippen LogP contribution in [0.3, 0.4) is 0 Å². The van der Waals surface area contributed by atoms with Crippen LogP contribution in [0, 0.1) is 0 Å². The zero-order valence-corrected chi connectivity index (χ0v) is 12.9. The Labute approximate surface area is 129 Å². The summed E-state index contributed by atoms with van der Waals surface area (Å²) in [5.74, 6) is 4.55. The molecule has 1 N–H and O–H groups in total. The van der Waals surface area contributed by atoms with Crippen LogP contribution in [0.15, 0.2) is 30.3 Å². The summed E-state index contributed by atoms with van der Waals surface area (Å²) in [5, 5.41) is 3.41. The molecule has 0 amide bonds. The fourth-order valence-electron chi connectivity index (χ4n) is 2.22. The Balaban J connectivity index is 1.76. The Morgan fingerprint density at radius 1 is 1.19 bits per heavy atom. The number of para-hydroxylation sites is 1.